The van der Waals surface area contributed by atoms with E-state index < -0.39 is 23.5 Å². The van der Waals surface area contributed by atoms with E-state index in [1.165, 1.54) is 24.3 Å². The molecule has 8 heteroatoms. The molecule has 0 amide bonds. The summed E-state index contributed by atoms with van der Waals surface area (Å²) >= 11 is 0. The van der Waals surface area contributed by atoms with Gasteiger partial charge in [0.15, 0.2) is 0 Å². The maximum absolute atomic E-state index is 12.9. The van der Waals surface area contributed by atoms with Crippen LogP contribution in [0, 0.1) is 0 Å². The number of carbonyl (C=O) groups excluding carboxylic acids is 1. The first kappa shape index (κ1) is 20.5. The maximum atomic E-state index is 12.9. The second-order valence-corrected chi connectivity index (χ2v) is 5.52. The van der Waals surface area contributed by atoms with Crippen LogP contribution in [-0.4, -0.2) is 12.9 Å². The summed E-state index contributed by atoms with van der Waals surface area (Å²) in [5, 5.41) is 0. The molecule has 0 radical (unpaired) electrons. The number of aldehydes is 1. The standard InChI is InChI=1S/C19H14F6O2/c1-2-27-17-6-4-13(11-26)7-14(17)5-3-12-8-15(18(20,21)22)10-16(9-12)19(23,24)25/h3-11H,2H2,1H3/b5-3+. The van der Waals surface area contributed by atoms with Crippen molar-refractivity contribution in [3.63, 3.8) is 0 Å². The highest BCUT2D eigenvalue weighted by Crippen LogP contribution is 2.36. The number of hydrogen-bond acceptors (Lipinski definition) is 2. The number of alkyl halides is 6. The molecule has 0 aliphatic rings. The minimum Gasteiger partial charge on any atom is -0.493 e. The third kappa shape index (κ3) is 5.35. The van der Waals surface area contributed by atoms with E-state index in [1.54, 1.807) is 6.92 Å². The van der Waals surface area contributed by atoms with Crippen LogP contribution in [0.2, 0.25) is 0 Å². The SMILES string of the molecule is CCOc1ccc(C=O)cc1/C=C/c1cc(C(F)(F)F)cc(C(F)(F)F)c1. The van der Waals surface area contributed by atoms with E-state index in [2.05, 4.69) is 0 Å². The van der Waals surface area contributed by atoms with E-state index in [9.17, 15) is 31.1 Å². The molecule has 2 nitrogen and oxygen atoms in total. The Morgan fingerprint density at radius 2 is 1.44 bits per heavy atom. The highest BCUT2D eigenvalue weighted by molar-refractivity contribution is 5.80. The van der Waals surface area contributed by atoms with Crippen LogP contribution in [0.5, 0.6) is 5.75 Å². The number of hydrogen-bond donors (Lipinski definition) is 0. The molecule has 0 saturated heterocycles. The smallest absolute Gasteiger partial charge is 0.416 e. The van der Waals surface area contributed by atoms with Crippen LogP contribution < -0.4 is 4.74 Å². The van der Waals surface area contributed by atoms with Gasteiger partial charge in [0.1, 0.15) is 12.0 Å². The molecule has 0 bridgehead atoms. The molecule has 0 unspecified atom stereocenters. The number of benzene rings is 2. The summed E-state index contributed by atoms with van der Waals surface area (Å²) in [7, 11) is 0. The van der Waals surface area contributed by atoms with Crippen LogP contribution in [0.15, 0.2) is 36.4 Å². The van der Waals surface area contributed by atoms with Crippen molar-refractivity contribution in [2.75, 3.05) is 6.61 Å². The van der Waals surface area contributed by atoms with Crippen LogP contribution in [0.4, 0.5) is 26.3 Å². The minimum absolute atomic E-state index is 0.0655. The molecule has 0 aliphatic carbocycles. The van der Waals surface area contributed by atoms with Crippen molar-refractivity contribution in [3.8, 4) is 5.75 Å². The number of rotatable bonds is 5. The normalized spacial score (nSPS) is 12.4. The van der Waals surface area contributed by atoms with Crippen LogP contribution in [0.3, 0.4) is 0 Å². The monoisotopic (exact) mass is 388 g/mol. The summed E-state index contributed by atoms with van der Waals surface area (Å²) in [5.41, 5.74) is -2.44. The fraction of sp³-hybridized carbons (Fsp3) is 0.211. The summed E-state index contributed by atoms with van der Waals surface area (Å²) < 4.78 is 82.8. The summed E-state index contributed by atoms with van der Waals surface area (Å²) in [5.74, 6) is 0.349. The lowest BCUT2D eigenvalue weighted by Crippen LogP contribution is -2.11. The van der Waals surface area contributed by atoms with Gasteiger partial charge in [0.2, 0.25) is 0 Å². The molecule has 0 heterocycles. The molecule has 144 valence electrons. The lowest BCUT2D eigenvalue weighted by molar-refractivity contribution is -0.143. The van der Waals surface area contributed by atoms with E-state index in [-0.39, 0.29) is 17.2 Å². The Labute approximate surface area is 151 Å². The van der Waals surface area contributed by atoms with Gasteiger partial charge in [-0.3, -0.25) is 4.79 Å². The fourth-order valence-corrected chi connectivity index (χ4v) is 2.32. The number of ether oxygens (including phenoxy) is 1. The molecule has 0 fully saturated rings. The highest BCUT2D eigenvalue weighted by Gasteiger charge is 2.36. The van der Waals surface area contributed by atoms with Crippen molar-refractivity contribution in [1.29, 1.82) is 0 Å². The molecule has 27 heavy (non-hydrogen) atoms. The van der Waals surface area contributed by atoms with E-state index >= 15 is 0 Å². The number of halogens is 6. The van der Waals surface area contributed by atoms with Crippen LogP contribution in [-0.2, 0) is 12.4 Å². The third-order valence-corrected chi connectivity index (χ3v) is 3.54. The predicted octanol–water partition coefficient (Wildman–Crippen LogP) is 6.11. The van der Waals surface area contributed by atoms with Gasteiger partial charge in [0.05, 0.1) is 17.7 Å². The zero-order chi connectivity index (χ0) is 20.2. The molecule has 0 atom stereocenters. The minimum atomic E-state index is -4.92. The quantitative estimate of drug-likeness (QED) is 0.351. The van der Waals surface area contributed by atoms with Gasteiger partial charge in [-0.15, -0.1) is 0 Å². The lowest BCUT2D eigenvalue weighted by atomic mass is 10.0. The fourth-order valence-electron chi connectivity index (χ4n) is 2.32. The second kappa shape index (κ2) is 7.85. The maximum Gasteiger partial charge on any atom is 0.416 e. The van der Waals surface area contributed by atoms with E-state index in [0.29, 0.717) is 36.3 Å². The summed E-state index contributed by atoms with van der Waals surface area (Å²) in [6, 6.07) is 5.72. The zero-order valence-corrected chi connectivity index (χ0v) is 14.0. The Morgan fingerprint density at radius 1 is 0.852 bits per heavy atom. The van der Waals surface area contributed by atoms with E-state index in [4.69, 9.17) is 4.74 Å². The Hall–Kier alpha value is -2.77. The van der Waals surface area contributed by atoms with Gasteiger partial charge in [-0.2, -0.15) is 26.3 Å². The van der Waals surface area contributed by atoms with Gasteiger partial charge in [-0.25, -0.2) is 0 Å². The van der Waals surface area contributed by atoms with Crippen molar-refractivity contribution in [2.45, 2.75) is 19.3 Å². The largest absolute Gasteiger partial charge is 0.493 e. The van der Waals surface area contributed by atoms with Crippen LogP contribution in [0.1, 0.15) is 39.5 Å². The predicted molar refractivity (Wildman–Crippen MR) is 88.4 cm³/mol. The lowest BCUT2D eigenvalue weighted by Gasteiger charge is -2.13. The van der Waals surface area contributed by atoms with Crippen molar-refractivity contribution in [3.05, 3.63) is 64.2 Å². The van der Waals surface area contributed by atoms with Gasteiger partial charge >= 0.3 is 12.4 Å². The zero-order valence-electron chi connectivity index (χ0n) is 14.0. The van der Waals surface area contributed by atoms with E-state index in [0.717, 1.165) is 6.08 Å². The topological polar surface area (TPSA) is 26.3 Å². The van der Waals surface area contributed by atoms with Crippen LogP contribution >= 0.6 is 0 Å². The average Bonchev–Trinajstić information content (AvgIpc) is 2.59. The first-order valence-electron chi connectivity index (χ1n) is 7.74. The van der Waals surface area contributed by atoms with E-state index in [1.807, 2.05) is 0 Å². The Morgan fingerprint density at radius 3 is 1.93 bits per heavy atom. The van der Waals surface area contributed by atoms with Gasteiger partial charge in [0, 0.05) is 11.1 Å². The van der Waals surface area contributed by atoms with Gasteiger partial charge < -0.3 is 4.74 Å². The van der Waals surface area contributed by atoms with Gasteiger partial charge in [-0.05, 0) is 48.9 Å². The summed E-state index contributed by atoms with van der Waals surface area (Å²) in [6.07, 6.45) is -6.86. The van der Waals surface area contributed by atoms with Crippen LogP contribution in [0.25, 0.3) is 12.2 Å². The Bertz CT molecular complexity index is 818. The van der Waals surface area contributed by atoms with Crippen molar-refractivity contribution in [1.82, 2.24) is 0 Å². The molecule has 0 aromatic heterocycles. The molecule has 2 aromatic carbocycles. The van der Waals surface area contributed by atoms with Gasteiger partial charge in [-0.1, -0.05) is 12.2 Å². The molecule has 2 rings (SSSR count). The van der Waals surface area contributed by atoms with Crippen molar-refractivity contribution < 1.29 is 35.9 Å². The summed E-state index contributed by atoms with van der Waals surface area (Å²) in [4.78, 5) is 10.9. The first-order chi connectivity index (χ1) is 12.5. The highest BCUT2D eigenvalue weighted by atomic mass is 19.4. The van der Waals surface area contributed by atoms with Crippen molar-refractivity contribution >= 4 is 18.4 Å². The molecule has 0 spiro atoms. The molecule has 0 N–H and O–H groups in total. The average molecular weight is 388 g/mol. The molecule has 0 saturated carbocycles. The molecular formula is C19H14F6O2. The Kier molecular flexibility index (Phi) is 5.98. The second-order valence-electron chi connectivity index (χ2n) is 5.52. The Balaban J connectivity index is 2.51. The van der Waals surface area contributed by atoms with Gasteiger partial charge in [0.25, 0.3) is 0 Å². The molecular weight excluding hydrogens is 374 g/mol. The molecule has 2 aromatic rings. The summed E-state index contributed by atoms with van der Waals surface area (Å²) in [6.45, 7) is 2.01. The number of carbonyl (C=O) groups is 1. The molecule has 0 aliphatic heterocycles. The third-order valence-electron chi connectivity index (χ3n) is 3.54. The first-order valence-corrected chi connectivity index (χ1v) is 7.74. The van der Waals surface area contributed by atoms with Crippen molar-refractivity contribution in [2.24, 2.45) is 0 Å².